The van der Waals surface area contributed by atoms with Gasteiger partial charge >= 0.3 is 0 Å². The summed E-state index contributed by atoms with van der Waals surface area (Å²) in [6.45, 7) is 6.26. The molecule has 3 atom stereocenters. The van der Waals surface area contributed by atoms with Gasteiger partial charge in [-0.05, 0) is 61.6 Å². The Morgan fingerprint density at radius 1 is 1.24 bits per heavy atom. The number of rotatable bonds is 7. The molecule has 3 aromatic rings. The molecule has 2 fully saturated rings. The summed E-state index contributed by atoms with van der Waals surface area (Å²) in [6.07, 6.45) is 8.13. The average molecular weight is 500 g/mol. The van der Waals surface area contributed by atoms with E-state index in [4.69, 9.17) is 11.6 Å². The molecule has 4 heterocycles. The second-order valence-electron chi connectivity index (χ2n) is 9.42. The number of nitrogens with one attached hydrogen (secondary N) is 2. The van der Waals surface area contributed by atoms with Crippen LogP contribution in [0.1, 0.15) is 34.5 Å². The molecule has 2 aliphatic rings. The van der Waals surface area contributed by atoms with Crippen LogP contribution in [0.15, 0.2) is 61.6 Å². The van der Waals surface area contributed by atoms with Gasteiger partial charge in [-0.1, -0.05) is 12.6 Å². The van der Waals surface area contributed by atoms with Crippen molar-refractivity contribution in [1.29, 1.82) is 0 Å². The maximum absolute atomic E-state index is 12.8. The molecule has 190 valence electrons. The van der Waals surface area contributed by atoms with Gasteiger partial charge in [0, 0.05) is 24.5 Å². The highest BCUT2D eigenvalue weighted by molar-refractivity contribution is 6.02. The van der Waals surface area contributed by atoms with Crippen LogP contribution in [0.25, 0.3) is 17.1 Å². The molecule has 1 saturated carbocycles. The molecule has 2 bridgehead atoms. The molecule has 0 radical (unpaired) electrons. The highest BCUT2D eigenvalue weighted by atomic mass is 16.2. The van der Waals surface area contributed by atoms with E-state index in [0.717, 1.165) is 30.6 Å². The van der Waals surface area contributed by atoms with Gasteiger partial charge in [0.15, 0.2) is 0 Å². The normalized spacial score (nSPS) is 20.6. The lowest BCUT2D eigenvalue weighted by atomic mass is 10.0. The van der Waals surface area contributed by atoms with Gasteiger partial charge in [-0.3, -0.25) is 14.7 Å². The number of carbonyl (C=O) groups is 2. The number of amides is 2. The van der Waals surface area contributed by atoms with Crippen molar-refractivity contribution in [2.75, 3.05) is 11.9 Å². The molecule has 0 aromatic carbocycles. The van der Waals surface area contributed by atoms with Crippen LogP contribution in [-0.2, 0) is 4.79 Å². The number of pyridine rings is 2. The molecular weight excluding hydrogens is 470 g/mol. The minimum Gasteiger partial charge on any atom is -0.397 e. The van der Waals surface area contributed by atoms with Gasteiger partial charge in [-0.25, -0.2) is 15.8 Å². The minimum absolute atomic E-state index is 0.0125. The maximum atomic E-state index is 12.8. The Balaban J connectivity index is 1.24. The minimum atomic E-state index is -0.383. The molecule has 5 rings (SSSR count). The molecule has 1 aliphatic carbocycles. The van der Waals surface area contributed by atoms with Crippen molar-refractivity contribution >= 4 is 23.3 Å². The average Bonchev–Trinajstić information content (AvgIpc) is 3.64. The number of H-pyrrole nitrogens is 1. The van der Waals surface area contributed by atoms with Crippen molar-refractivity contribution < 1.29 is 9.59 Å². The highest BCUT2D eigenvalue weighted by Crippen LogP contribution is 2.40. The van der Waals surface area contributed by atoms with Crippen LogP contribution in [0, 0.1) is 12.8 Å². The van der Waals surface area contributed by atoms with Gasteiger partial charge in [0.2, 0.25) is 5.91 Å². The smallest absolute Gasteiger partial charge is 0.275 e. The summed E-state index contributed by atoms with van der Waals surface area (Å²) in [7, 11) is 0. The Bertz CT molecular complexity index is 1360. The van der Waals surface area contributed by atoms with Gasteiger partial charge in [0.05, 0.1) is 35.4 Å². The first-order chi connectivity index (χ1) is 17.8. The van der Waals surface area contributed by atoms with Crippen LogP contribution in [0.2, 0.25) is 0 Å². The lowest BCUT2D eigenvalue weighted by Crippen LogP contribution is -2.52. The van der Waals surface area contributed by atoms with Crippen LogP contribution in [0.5, 0.6) is 0 Å². The molecule has 37 heavy (non-hydrogen) atoms. The van der Waals surface area contributed by atoms with Gasteiger partial charge in [-0.2, -0.15) is 5.10 Å². The van der Waals surface area contributed by atoms with Gasteiger partial charge in [-0.15, -0.1) is 0 Å². The zero-order chi connectivity index (χ0) is 26.1. The van der Waals surface area contributed by atoms with Crippen molar-refractivity contribution in [3.63, 3.8) is 0 Å². The highest BCUT2D eigenvalue weighted by Gasteiger charge is 2.47. The fraction of sp³-hybridized carbons (Fsp3) is 0.269. The van der Waals surface area contributed by atoms with E-state index in [-0.39, 0.29) is 29.6 Å². The molecule has 0 spiro atoms. The number of fused-ring (bicyclic) bond motifs is 2. The summed E-state index contributed by atoms with van der Waals surface area (Å²) < 4.78 is 0. The summed E-state index contributed by atoms with van der Waals surface area (Å²) in [6, 6.07) is 8.67. The van der Waals surface area contributed by atoms with E-state index < -0.39 is 0 Å². The number of hydrazine groups is 1. The number of aromatic nitrogens is 4. The number of aryl methyl sites for hydroxylation is 1. The van der Waals surface area contributed by atoms with Crippen LogP contribution < -0.4 is 16.9 Å². The molecule has 1 saturated heterocycles. The third-order valence-electron chi connectivity index (χ3n) is 6.98. The summed E-state index contributed by atoms with van der Waals surface area (Å²) in [5.74, 6) is 6.69. The van der Waals surface area contributed by atoms with Crippen LogP contribution in [0.4, 0.5) is 5.82 Å². The fourth-order valence-corrected chi connectivity index (χ4v) is 5.14. The topological polar surface area (TPSA) is 159 Å². The Morgan fingerprint density at radius 3 is 2.76 bits per heavy atom. The first kappa shape index (κ1) is 24.2. The molecule has 3 unspecified atom stereocenters. The maximum Gasteiger partial charge on any atom is 0.275 e. The number of likely N-dealkylation sites (tertiary alicyclic amines) is 1. The van der Waals surface area contributed by atoms with Gasteiger partial charge in [0.1, 0.15) is 11.5 Å². The molecular formula is C26H29N9O2. The summed E-state index contributed by atoms with van der Waals surface area (Å²) in [5, 5.41) is 11.3. The van der Waals surface area contributed by atoms with Crippen molar-refractivity contribution in [3.8, 4) is 11.4 Å². The predicted molar refractivity (Wildman–Crippen MR) is 139 cm³/mol. The number of hydrogen-bond donors (Lipinski definition) is 4. The van der Waals surface area contributed by atoms with Gasteiger partial charge in [0.25, 0.3) is 5.91 Å². The Hall–Kier alpha value is -4.51. The number of hydrogen-bond acceptors (Lipinski definition) is 8. The first-order valence-electron chi connectivity index (χ1n) is 12.0. The quantitative estimate of drug-likeness (QED) is 0.218. The Labute approximate surface area is 214 Å². The SMILES string of the molecule is C=CC(=O)N1CC2CC(N(N)/C=C(\N)c3ccc(NC(=O)c4cccc(-c5[nH]ncc5C)n4)nc3)C1C2. The van der Waals surface area contributed by atoms with E-state index in [0.29, 0.717) is 28.7 Å². The molecule has 2 amide bonds. The number of piperidine rings is 1. The van der Waals surface area contributed by atoms with Crippen molar-refractivity contribution in [1.82, 2.24) is 30.1 Å². The van der Waals surface area contributed by atoms with E-state index in [1.54, 1.807) is 47.9 Å². The van der Waals surface area contributed by atoms with Crippen molar-refractivity contribution in [2.45, 2.75) is 31.8 Å². The Morgan fingerprint density at radius 2 is 2.08 bits per heavy atom. The third-order valence-corrected chi connectivity index (χ3v) is 6.98. The molecule has 6 N–H and O–H groups in total. The van der Waals surface area contributed by atoms with E-state index in [1.807, 2.05) is 17.9 Å². The van der Waals surface area contributed by atoms with Crippen LogP contribution >= 0.6 is 0 Å². The molecule has 3 aromatic heterocycles. The van der Waals surface area contributed by atoms with E-state index in [1.165, 1.54) is 6.08 Å². The van der Waals surface area contributed by atoms with E-state index in [2.05, 4.69) is 32.1 Å². The van der Waals surface area contributed by atoms with Crippen LogP contribution in [-0.4, -0.2) is 60.5 Å². The largest absolute Gasteiger partial charge is 0.397 e. The Kier molecular flexibility index (Phi) is 6.45. The van der Waals surface area contributed by atoms with E-state index >= 15 is 0 Å². The summed E-state index contributed by atoms with van der Waals surface area (Å²) in [5.41, 5.74) is 9.97. The van der Waals surface area contributed by atoms with Crippen molar-refractivity contribution in [2.24, 2.45) is 17.5 Å². The second-order valence-corrected chi connectivity index (χ2v) is 9.42. The predicted octanol–water partition coefficient (Wildman–Crippen LogP) is 2.04. The van der Waals surface area contributed by atoms with E-state index in [9.17, 15) is 9.59 Å². The lowest BCUT2D eigenvalue weighted by Gasteiger charge is -2.37. The monoisotopic (exact) mass is 499 g/mol. The molecule has 11 heteroatoms. The third kappa shape index (κ3) is 4.81. The molecule has 11 nitrogen and oxygen atoms in total. The van der Waals surface area contributed by atoms with Gasteiger partial charge < -0.3 is 21.0 Å². The second kappa shape index (κ2) is 9.86. The van der Waals surface area contributed by atoms with Crippen LogP contribution in [0.3, 0.4) is 0 Å². The summed E-state index contributed by atoms with van der Waals surface area (Å²) >= 11 is 0. The first-order valence-corrected chi connectivity index (χ1v) is 12.0. The number of anilines is 1. The summed E-state index contributed by atoms with van der Waals surface area (Å²) in [4.78, 5) is 35.5. The zero-order valence-corrected chi connectivity index (χ0v) is 20.5. The number of nitrogens with two attached hydrogens (primary N) is 2. The number of nitrogens with zero attached hydrogens (tertiary/aromatic N) is 5. The zero-order valence-electron chi connectivity index (χ0n) is 20.5. The van der Waals surface area contributed by atoms with Crippen molar-refractivity contribution in [3.05, 3.63) is 78.4 Å². The number of aromatic amines is 1. The lowest BCUT2D eigenvalue weighted by molar-refractivity contribution is -0.128. The molecule has 1 aliphatic heterocycles. The standard InChI is InChI=1S/C26H29N9O2/c1-3-24(36)34-13-16-9-21(34)22(10-16)35(28)14-18(27)17-7-8-23(29-12-17)32-26(37)20-6-4-5-19(31-20)25-15(2)11-30-33-25/h3-8,11-12,14,16,21-22H,1,9-10,13,27-28H2,2H3,(H,30,33)(H,29,32,37)/b18-14-. The number of carbonyl (C=O) groups excluding carboxylic acids is 2. The fourth-order valence-electron chi connectivity index (χ4n) is 5.14.